The molecule has 1 heterocycles. The summed E-state index contributed by atoms with van der Waals surface area (Å²) in [5, 5.41) is 11.2. The zero-order valence-electron chi connectivity index (χ0n) is 16.1. The molecule has 25 heavy (non-hydrogen) atoms. The molecule has 0 radical (unpaired) electrons. The molecule has 0 aliphatic rings. The second-order valence-electron chi connectivity index (χ2n) is 7.91. The van der Waals surface area contributed by atoms with Gasteiger partial charge >= 0.3 is 0 Å². The fourth-order valence-electron chi connectivity index (χ4n) is 2.73. The van der Waals surface area contributed by atoms with Crippen molar-refractivity contribution in [3.63, 3.8) is 0 Å². The highest BCUT2D eigenvalue weighted by atomic mass is 16.4. The molecule has 1 aromatic carbocycles. The summed E-state index contributed by atoms with van der Waals surface area (Å²) in [5.74, 6) is 1.32. The quantitative estimate of drug-likeness (QED) is 0.847. The Morgan fingerprint density at radius 3 is 2.44 bits per heavy atom. The molecular weight excluding hydrogens is 314 g/mol. The molecule has 0 spiro atoms. The van der Waals surface area contributed by atoms with Gasteiger partial charge in [0.05, 0.1) is 6.04 Å². The Morgan fingerprint density at radius 1 is 1.20 bits per heavy atom. The van der Waals surface area contributed by atoms with Crippen LogP contribution in [-0.2, 0) is 11.2 Å². The molecule has 1 atom stereocenters. The Bertz CT molecular complexity index is 714. The van der Waals surface area contributed by atoms with Crippen molar-refractivity contribution in [2.24, 2.45) is 5.41 Å². The SMILES string of the molecule is Cc1ccccc1[C@H](NC(=O)CCc1nnc(C(C)C)o1)C(C)(C)C. The van der Waals surface area contributed by atoms with Crippen LogP contribution in [0.15, 0.2) is 28.7 Å². The van der Waals surface area contributed by atoms with Crippen LogP contribution < -0.4 is 5.32 Å². The Labute approximate surface area is 150 Å². The summed E-state index contributed by atoms with van der Waals surface area (Å²) in [5.41, 5.74) is 2.25. The van der Waals surface area contributed by atoms with Crippen molar-refractivity contribution in [3.05, 3.63) is 47.2 Å². The number of hydrogen-bond acceptors (Lipinski definition) is 4. The Kier molecular flexibility index (Phi) is 5.98. The molecule has 5 nitrogen and oxygen atoms in total. The summed E-state index contributed by atoms with van der Waals surface area (Å²) in [4.78, 5) is 12.5. The van der Waals surface area contributed by atoms with Gasteiger partial charge < -0.3 is 9.73 Å². The maximum atomic E-state index is 12.5. The van der Waals surface area contributed by atoms with E-state index in [0.29, 0.717) is 24.6 Å². The van der Waals surface area contributed by atoms with Gasteiger partial charge in [-0.3, -0.25) is 4.79 Å². The number of hydrogen-bond donors (Lipinski definition) is 1. The monoisotopic (exact) mass is 343 g/mol. The van der Waals surface area contributed by atoms with Gasteiger partial charge in [0.1, 0.15) is 0 Å². The lowest BCUT2D eigenvalue weighted by molar-refractivity contribution is -0.122. The smallest absolute Gasteiger partial charge is 0.221 e. The normalized spacial score (nSPS) is 13.1. The number of carbonyl (C=O) groups excluding carboxylic acids is 1. The molecule has 1 N–H and O–H groups in total. The van der Waals surface area contributed by atoms with Crippen LogP contribution in [0.25, 0.3) is 0 Å². The number of nitrogens with zero attached hydrogens (tertiary/aromatic N) is 2. The third kappa shape index (κ3) is 5.15. The van der Waals surface area contributed by atoms with Gasteiger partial charge in [-0.2, -0.15) is 0 Å². The summed E-state index contributed by atoms with van der Waals surface area (Å²) < 4.78 is 5.57. The summed E-state index contributed by atoms with van der Waals surface area (Å²) in [6.45, 7) is 12.5. The third-order valence-corrected chi connectivity index (χ3v) is 4.21. The van der Waals surface area contributed by atoms with Crippen molar-refractivity contribution in [1.82, 2.24) is 15.5 Å². The minimum atomic E-state index is -0.0862. The van der Waals surface area contributed by atoms with E-state index in [4.69, 9.17) is 4.42 Å². The number of nitrogens with one attached hydrogen (secondary N) is 1. The van der Waals surface area contributed by atoms with E-state index in [-0.39, 0.29) is 23.3 Å². The van der Waals surface area contributed by atoms with E-state index in [2.05, 4.69) is 55.3 Å². The molecule has 1 amide bonds. The second kappa shape index (κ2) is 7.81. The lowest BCUT2D eigenvalue weighted by Gasteiger charge is -2.33. The molecule has 0 saturated carbocycles. The van der Waals surface area contributed by atoms with Crippen LogP contribution in [-0.4, -0.2) is 16.1 Å². The van der Waals surface area contributed by atoms with Gasteiger partial charge in [-0.05, 0) is 23.5 Å². The van der Waals surface area contributed by atoms with Gasteiger partial charge in [0, 0.05) is 18.8 Å². The molecule has 0 aliphatic heterocycles. The summed E-state index contributed by atoms with van der Waals surface area (Å²) in [6.07, 6.45) is 0.786. The minimum absolute atomic E-state index is 0.00697. The number of carbonyl (C=O) groups is 1. The molecule has 1 aromatic heterocycles. The van der Waals surface area contributed by atoms with Crippen LogP contribution in [0.2, 0.25) is 0 Å². The Balaban J connectivity index is 2.03. The average molecular weight is 343 g/mol. The van der Waals surface area contributed by atoms with E-state index in [9.17, 15) is 4.79 Å². The van der Waals surface area contributed by atoms with Crippen molar-refractivity contribution in [2.45, 2.75) is 66.3 Å². The van der Waals surface area contributed by atoms with Gasteiger partial charge in [-0.1, -0.05) is 58.9 Å². The number of rotatable bonds is 6. The van der Waals surface area contributed by atoms with Crippen molar-refractivity contribution in [2.75, 3.05) is 0 Å². The van der Waals surface area contributed by atoms with Gasteiger partial charge in [0.25, 0.3) is 0 Å². The van der Waals surface area contributed by atoms with Crippen LogP contribution >= 0.6 is 0 Å². The Hall–Kier alpha value is -2.17. The summed E-state index contributed by atoms with van der Waals surface area (Å²) in [6, 6.07) is 8.14. The first kappa shape index (κ1) is 19.2. The van der Waals surface area contributed by atoms with Crippen molar-refractivity contribution in [3.8, 4) is 0 Å². The summed E-state index contributed by atoms with van der Waals surface area (Å²) in [7, 11) is 0. The molecule has 0 unspecified atom stereocenters. The molecule has 0 fully saturated rings. The second-order valence-corrected chi connectivity index (χ2v) is 7.91. The van der Waals surface area contributed by atoms with Gasteiger partial charge in [-0.15, -0.1) is 10.2 Å². The van der Waals surface area contributed by atoms with Crippen LogP contribution in [0, 0.1) is 12.3 Å². The molecule has 0 bridgehead atoms. The van der Waals surface area contributed by atoms with E-state index in [1.54, 1.807) is 0 Å². The Morgan fingerprint density at radius 2 is 1.88 bits per heavy atom. The van der Waals surface area contributed by atoms with Crippen molar-refractivity contribution >= 4 is 5.91 Å². The molecule has 0 aliphatic carbocycles. The minimum Gasteiger partial charge on any atom is -0.425 e. The summed E-state index contributed by atoms with van der Waals surface area (Å²) >= 11 is 0. The fourth-order valence-corrected chi connectivity index (χ4v) is 2.73. The fraction of sp³-hybridized carbons (Fsp3) is 0.550. The van der Waals surface area contributed by atoms with Gasteiger partial charge in [0.2, 0.25) is 17.7 Å². The first-order valence-electron chi connectivity index (χ1n) is 8.85. The third-order valence-electron chi connectivity index (χ3n) is 4.21. The van der Waals surface area contributed by atoms with Crippen LogP contribution in [0.3, 0.4) is 0 Å². The highest BCUT2D eigenvalue weighted by molar-refractivity contribution is 5.76. The molecule has 0 saturated heterocycles. The zero-order valence-corrected chi connectivity index (χ0v) is 16.1. The van der Waals surface area contributed by atoms with E-state index in [1.807, 2.05) is 26.0 Å². The van der Waals surface area contributed by atoms with Crippen molar-refractivity contribution in [1.29, 1.82) is 0 Å². The highest BCUT2D eigenvalue weighted by Gasteiger charge is 2.28. The first-order chi connectivity index (χ1) is 11.7. The number of benzene rings is 1. The lowest BCUT2D eigenvalue weighted by atomic mass is 9.80. The average Bonchev–Trinajstić information content (AvgIpc) is 3.00. The molecular formula is C20H29N3O2. The van der Waals surface area contributed by atoms with E-state index < -0.39 is 0 Å². The van der Waals surface area contributed by atoms with Crippen LogP contribution in [0.5, 0.6) is 0 Å². The van der Waals surface area contributed by atoms with E-state index in [0.717, 1.165) is 5.56 Å². The first-order valence-corrected chi connectivity index (χ1v) is 8.85. The van der Waals surface area contributed by atoms with Gasteiger partial charge in [0.15, 0.2) is 0 Å². The van der Waals surface area contributed by atoms with Crippen LogP contribution in [0.1, 0.15) is 75.9 Å². The van der Waals surface area contributed by atoms with E-state index in [1.165, 1.54) is 5.56 Å². The molecule has 2 rings (SSSR count). The predicted octanol–water partition coefficient (Wildman–Crippen LogP) is 4.34. The highest BCUT2D eigenvalue weighted by Crippen LogP contribution is 2.34. The number of aromatic nitrogens is 2. The molecule has 136 valence electrons. The largest absolute Gasteiger partial charge is 0.425 e. The van der Waals surface area contributed by atoms with Gasteiger partial charge in [-0.25, -0.2) is 0 Å². The molecule has 2 aromatic rings. The lowest BCUT2D eigenvalue weighted by Crippen LogP contribution is -2.37. The maximum absolute atomic E-state index is 12.5. The van der Waals surface area contributed by atoms with E-state index >= 15 is 0 Å². The van der Waals surface area contributed by atoms with Crippen molar-refractivity contribution < 1.29 is 9.21 Å². The van der Waals surface area contributed by atoms with Crippen LogP contribution in [0.4, 0.5) is 0 Å². The standard InChI is InChI=1S/C20H29N3O2/c1-13(2)19-23-22-17(25-19)12-11-16(24)21-18(20(4,5)6)15-10-8-7-9-14(15)3/h7-10,13,18H,11-12H2,1-6H3,(H,21,24)/t18-/m0/s1. The number of aryl methyl sites for hydroxylation is 2. The predicted molar refractivity (Wildman–Crippen MR) is 98.2 cm³/mol. The zero-order chi connectivity index (χ0) is 18.6. The topological polar surface area (TPSA) is 68.0 Å². The maximum Gasteiger partial charge on any atom is 0.221 e. The molecule has 5 heteroatoms. The number of amides is 1.